The van der Waals surface area contributed by atoms with Crippen LogP contribution in [0, 0.1) is 6.92 Å². The number of hydrogen-bond donors (Lipinski definition) is 1. The molecule has 4 aromatic rings. The van der Waals surface area contributed by atoms with Gasteiger partial charge >= 0.3 is 0 Å². The van der Waals surface area contributed by atoms with Crippen molar-refractivity contribution >= 4 is 23.8 Å². The Morgan fingerprint density at radius 1 is 0.943 bits per heavy atom. The first-order chi connectivity index (χ1) is 17.2. The Bertz CT molecular complexity index is 1340. The SMILES string of the molecule is Cc1ncc(/C=C/c2ccccc2)cc1C(=O)c1cccc(N2CCNC(c3ccccc3)C2)n1. The molecule has 2 aromatic carbocycles. The van der Waals surface area contributed by atoms with E-state index in [-0.39, 0.29) is 11.8 Å². The van der Waals surface area contributed by atoms with E-state index in [4.69, 9.17) is 4.98 Å². The van der Waals surface area contributed by atoms with Crippen molar-refractivity contribution in [3.63, 3.8) is 0 Å². The average molecular weight is 461 g/mol. The molecule has 174 valence electrons. The van der Waals surface area contributed by atoms with Crippen molar-refractivity contribution in [1.29, 1.82) is 0 Å². The van der Waals surface area contributed by atoms with E-state index in [9.17, 15) is 4.79 Å². The minimum atomic E-state index is -0.110. The number of aryl methyl sites for hydroxylation is 1. The van der Waals surface area contributed by atoms with Crippen LogP contribution < -0.4 is 10.2 Å². The molecule has 1 unspecified atom stereocenters. The summed E-state index contributed by atoms with van der Waals surface area (Å²) in [4.78, 5) is 24.9. The zero-order chi connectivity index (χ0) is 24.0. The molecule has 1 saturated heterocycles. The van der Waals surface area contributed by atoms with E-state index in [1.165, 1.54) is 5.56 Å². The Morgan fingerprint density at radius 3 is 2.49 bits per heavy atom. The van der Waals surface area contributed by atoms with Crippen LogP contribution in [0.3, 0.4) is 0 Å². The van der Waals surface area contributed by atoms with Crippen molar-refractivity contribution in [2.45, 2.75) is 13.0 Å². The second-order valence-corrected chi connectivity index (χ2v) is 8.72. The van der Waals surface area contributed by atoms with E-state index in [1.54, 1.807) is 12.3 Å². The zero-order valence-electron chi connectivity index (χ0n) is 19.8. The molecule has 0 amide bonds. The summed E-state index contributed by atoms with van der Waals surface area (Å²) < 4.78 is 0. The summed E-state index contributed by atoms with van der Waals surface area (Å²) in [5.74, 6) is 0.713. The van der Waals surface area contributed by atoms with Gasteiger partial charge in [0.25, 0.3) is 0 Å². The molecule has 2 aromatic heterocycles. The predicted molar refractivity (Wildman–Crippen MR) is 141 cm³/mol. The molecule has 0 aliphatic carbocycles. The van der Waals surface area contributed by atoms with Gasteiger partial charge in [0.1, 0.15) is 11.5 Å². The van der Waals surface area contributed by atoms with Crippen molar-refractivity contribution < 1.29 is 4.79 Å². The number of benzene rings is 2. The lowest BCUT2D eigenvalue weighted by Crippen LogP contribution is -2.46. The van der Waals surface area contributed by atoms with Crippen LogP contribution in [0.5, 0.6) is 0 Å². The van der Waals surface area contributed by atoms with E-state index in [2.05, 4.69) is 39.5 Å². The van der Waals surface area contributed by atoms with E-state index in [0.717, 1.165) is 36.6 Å². The van der Waals surface area contributed by atoms with Gasteiger partial charge < -0.3 is 10.2 Å². The van der Waals surface area contributed by atoms with Gasteiger partial charge in [-0.3, -0.25) is 9.78 Å². The van der Waals surface area contributed by atoms with Crippen LogP contribution in [-0.2, 0) is 0 Å². The molecule has 3 heterocycles. The summed E-state index contributed by atoms with van der Waals surface area (Å²) in [5, 5.41) is 3.58. The normalized spacial score (nSPS) is 15.9. The minimum Gasteiger partial charge on any atom is -0.353 e. The van der Waals surface area contributed by atoms with Gasteiger partial charge in [0, 0.05) is 43.1 Å². The standard InChI is InChI=1S/C30H28N4O/c1-22-26(19-24(20-32-22)16-15-23-9-4-2-5-10-23)30(35)27-13-8-14-29(33-27)34-18-17-31-28(21-34)25-11-6-3-7-12-25/h2-16,19-20,28,31H,17-18,21H2,1H3/b16-15+. The highest BCUT2D eigenvalue weighted by Crippen LogP contribution is 2.22. The number of ketones is 1. The van der Waals surface area contributed by atoms with Crippen molar-refractivity contribution in [2.75, 3.05) is 24.5 Å². The fourth-order valence-electron chi connectivity index (χ4n) is 4.36. The minimum absolute atomic E-state index is 0.110. The molecule has 0 bridgehead atoms. The monoisotopic (exact) mass is 460 g/mol. The Hall–Kier alpha value is -4.09. The third kappa shape index (κ3) is 5.36. The maximum Gasteiger partial charge on any atom is 0.213 e. The first-order valence-electron chi connectivity index (χ1n) is 11.9. The summed E-state index contributed by atoms with van der Waals surface area (Å²) in [6.07, 6.45) is 5.79. The van der Waals surface area contributed by atoms with E-state index >= 15 is 0 Å². The quantitative estimate of drug-likeness (QED) is 0.394. The van der Waals surface area contributed by atoms with Gasteiger partial charge in [0.15, 0.2) is 0 Å². The van der Waals surface area contributed by atoms with Crippen molar-refractivity contribution in [2.24, 2.45) is 0 Å². The highest BCUT2D eigenvalue weighted by molar-refractivity contribution is 6.08. The first kappa shape index (κ1) is 22.7. The van der Waals surface area contributed by atoms with E-state index < -0.39 is 0 Å². The lowest BCUT2D eigenvalue weighted by atomic mass is 10.0. The fraction of sp³-hybridized carbons (Fsp3) is 0.167. The highest BCUT2D eigenvalue weighted by atomic mass is 16.1. The lowest BCUT2D eigenvalue weighted by molar-refractivity contribution is 0.103. The topological polar surface area (TPSA) is 58.1 Å². The Labute approximate surface area is 206 Å². The Morgan fingerprint density at radius 2 is 1.69 bits per heavy atom. The van der Waals surface area contributed by atoms with Gasteiger partial charge in [0.2, 0.25) is 5.78 Å². The van der Waals surface area contributed by atoms with Gasteiger partial charge in [-0.05, 0) is 41.8 Å². The van der Waals surface area contributed by atoms with E-state index in [1.807, 2.05) is 73.7 Å². The maximum absolute atomic E-state index is 13.5. The molecule has 0 saturated carbocycles. The third-order valence-electron chi connectivity index (χ3n) is 6.29. The molecule has 1 atom stereocenters. The zero-order valence-corrected chi connectivity index (χ0v) is 19.8. The number of aromatic nitrogens is 2. The number of pyridine rings is 2. The fourth-order valence-corrected chi connectivity index (χ4v) is 4.36. The maximum atomic E-state index is 13.5. The van der Waals surface area contributed by atoms with Crippen LogP contribution in [0.15, 0.2) is 91.1 Å². The molecule has 1 aliphatic heterocycles. The molecular weight excluding hydrogens is 432 g/mol. The van der Waals surface area contributed by atoms with Crippen LogP contribution in [0.25, 0.3) is 12.2 Å². The number of rotatable bonds is 6. The third-order valence-corrected chi connectivity index (χ3v) is 6.29. The van der Waals surface area contributed by atoms with Crippen LogP contribution in [0.1, 0.15) is 44.5 Å². The second-order valence-electron chi connectivity index (χ2n) is 8.72. The molecular formula is C30H28N4O. The van der Waals surface area contributed by atoms with Crippen molar-refractivity contribution in [3.8, 4) is 0 Å². The summed E-state index contributed by atoms with van der Waals surface area (Å²) >= 11 is 0. The molecule has 1 N–H and O–H groups in total. The molecule has 1 aliphatic rings. The lowest BCUT2D eigenvalue weighted by Gasteiger charge is -2.35. The second kappa shape index (κ2) is 10.5. The number of anilines is 1. The molecule has 5 nitrogen and oxygen atoms in total. The summed E-state index contributed by atoms with van der Waals surface area (Å²) in [6, 6.07) is 28.3. The molecule has 5 heteroatoms. The molecule has 5 rings (SSSR count). The van der Waals surface area contributed by atoms with Crippen molar-refractivity contribution in [3.05, 3.63) is 125 Å². The number of carbonyl (C=O) groups is 1. The smallest absolute Gasteiger partial charge is 0.213 e. The van der Waals surface area contributed by atoms with Crippen LogP contribution >= 0.6 is 0 Å². The first-order valence-corrected chi connectivity index (χ1v) is 11.9. The molecule has 1 fully saturated rings. The number of carbonyl (C=O) groups excluding carboxylic acids is 1. The van der Waals surface area contributed by atoms with Gasteiger partial charge in [0.05, 0.1) is 0 Å². The molecule has 0 radical (unpaired) electrons. The number of hydrogen-bond acceptors (Lipinski definition) is 5. The van der Waals surface area contributed by atoms with Gasteiger partial charge in [-0.25, -0.2) is 4.98 Å². The van der Waals surface area contributed by atoms with Crippen LogP contribution in [-0.4, -0.2) is 35.4 Å². The summed E-state index contributed by atoms with van der Waals surface area (Å²) in [7, 11) is 0. The van der Waals surface area contributed by atoms with Crippen molar-refractivity contribution in [1.82, 2.24) is 15.3 Å². The summed E-state index contributed by atoms with van der Waals surface area (Å²) in [5.41, 5.74) is 4.95. The van der Waals surface area contributed by atoms with Gasteiger partial charge in [-0.15, -0.1) is 0 Å². The van der Waals surface area contributed by atoms with Crippen LogP contribution in [0.4, 0.5) is 5.82 Å². The van der Waals surface area contributed by atoms with Gasteiger partial charge in [-0.1, -0.05) is 78.9 Å². The van der Waals surface area contributed by atoms with Gasteiger partial charge in [-0.2, -0.15) is 0 Å². The van der Waals surface area contributed by atoms with E-state index in [0.29, 0.717) is 17.0 Å². The molecule has 0 spiro atoms. The molecule has 35 heavy (non-hydrogen) atoms. The van der Waals surface area contributed by atoms with Crippen LogP contribution in [0.2, 0.25) is 0 Å². The Balaban J connectivity index is 1.36. The number of piperazine rings is 1. The largest absolute Gasteiger partial charge is 0.353 e. The summed E-state index contributed by atoms with van der Waals surface area (Å²) in [6.45, 7) is 4.37. The number of nitrogens with one attached hydrogen (secondary N) is 1. The average Bonchev–Trinajstić information content (AvgIpc) is 2.93. The predicted octanol–water partition coefficient (Wildman–Crippen LogP) is 5.34. The number of nitrogens with zero attached hydrogens (tertiary/aromatic N) is 3. The Kier molecular flexibility index (Phi) is 6.77. The highest BCUT2D eigenvalue weighted by Gasteiger charge is 2.23.